The van der Waals surface area contributed by atoms with Gasteiger partial charge in [0.15, 0.2) is 0 Å². The Labute approximate surface area is 214 Å². The van der Waals surface area contributed by atoms with Crippen molar-refractivity contribution < 1.29 is 19.1 Å². The molecule has 4 aromatic rings. The van der Waals surface area contributed by atoms with Crippen LogP contribution in [0.1, 0.15) is 10.4 Å². The number of azo groups is 2. The predicted octanol–water partition coefficient (Wildman–Crippen LogP) is 7.12. The molecule has 0 bridgehead atoms. The number of nitrogens with one attached hydrogen (secondary N) is 1. The van der Waals surface area contributed by atoms with Crippen molar-refractivity contribution in [2.24, 2.45) is 20.5 Å². The molecule has 4 rings (SSSR count). The Bertz CT molecular complexity index is 1390. The first-order valence-electron chi connectivity index (χ1n) is 10.6. The highest BCUT2D eigenvalue weighted by molar-refractivity contribution is 7.30. The molecule has 0 saturated carbocycles. The number of nitrogens with zero attached hydrogens (tertiary/aromatic N) is 5. The molecule has 0 aliphatic carbocycles. The monoisotopic (exact) mass is 520 g/mol. The minimum atomic E-state index is -0.445. The molecule has 2 heterocycles. The quantitative estimate of drug-likeness (QED) is 0.103. The number of fused-ring (bicyclic) bond motifs is 1. The van der Waals surface area contributed by atoms with Crippen LogP contribution in [0, 0.1) is 0 Å². The highest BCUT2D eigenvalue weighted by atomic mass is 32.1. The minimum absolute atomic E-state index is 0.251. The fourth-order valence-corrected chi connectivity index (χ4v) is 4.69. The van der Waals surface area contributed by atoms with E-state index < -0.39 is 11.9 Å². The van der Waals surface area contributed by atoms with Crippen molar-refractivity contribution in [3.05, 3.63) is 72.8 Å². The number of ether oxygens (including phenoxy) is 2. The molecule has 0 fully saturated rings. The van der Waals surface area contributed by atoms with Gasteiger partial charge in [-0.05, 0) is 54.6 Å². The Balaban J connectivity index is 1.32. The van der Waals surface area contributed by atoms with E-state index >= 15 is 0 Å². The van der Waals surface area contributed by atoms with Gasteiger partial charge in [0.05, 0.1) is 28.7 Å². The Hall–Kier alpha value is -4.29. The molecule has 0 saturated heterocycles. The van der Waals surface area contributed by atoms with E-state index in [1.165, 1.54) is 29.8 Å². The summed E-state index contributed by atoms with van der Waals surface area (Å²) in [7, 11) is 1.34. The van der Waals surface area contributed by atoms with Gasteiger partial charge in [0.1, 0.15) is 16.4 Å². The van der Waals surface area contributed by atoms with Crippen LogP contribution in [0.2, 0.25) is 0 Å². The zero-order valence-corrected chi connectivity index (χ0v) is 20.7. The molecule has 182 valence electrons. The summed E-state index contributed by atoms with van der Waals surface area (Å²) < 4.78 is 10.5. The predicted molar refractivity (Wildman–Crippen MR) is 140 cm³/mol. The van der Waals surface area contributed by atoms with Crippen molar-refractivity contribution in [3.8, 4) is 0 Å². The van der Waals surface area contributed by atoms with Gasteiger partial charge in [0.25, 0.3) is 0 Å². The first-order valence-corrected chi connectivity index (χ1v) is 12.2. The third-order valence-electron chi connectivity index (χ3n) is 4.58. The maximum absolute atomic E-state index is 11.5. The summed E-state index contributed by atoms with van der Waals surface area (Å²) in [5.74, 6) is -0.843. The second-order valence-corrected chi connectivity index (χ2v) is 9.05. The summed E-state index contributed by atoms with van der Waals surface area (Å²) in [6, 6.07) is 16.0. The van der Waals surface area contributed by atoms with Crippen molar-refractivity contribution in [2.45, 2.75) is 0 Å². The average molecular weight is 521 g/mol. The van der Waals surface area contributed by atoms with Crippen molar-refractivity contribution in [3.63, 3.8) is 0 Å². The summed E-state index contributed by atoms with van der Waals surface area (Å²) >= 11 is 2.82. The first kappa shape index (κ1) is 24.8. The summed E-state index contributed by atoms with van der Waals surface area (Å²) in [5, 5.41) is 21.3. The van der Waals surface area contributed by atoms with Gasteiger partial charge in [-0.2, -0.15) is 0 Å². The minimum Gasteiger partial charge on any atom is -0.465 e. The van der Waals surface area contributed by atoms with Crippen LogP contribution in [0.5, 0.6) is 0 Å². The van der Waals surface area contributed by atoms with E-state index in [0.29, 0.717) is 33.6 Å². The van der Waals surface area contributed by atoms with Crippen LogP contribution >= 0.6 is 22.7 Å². The van der Waals surface area contributed by atoms with Gasteiger partial charge >= 0.3 is 11.9 Å². The van der Waals surface area contributed by atoms with E-state index in [1.807, 2.05) is 30.3 Å². The van der Waals surface area contributed by atoms with E-state index in [9.17, 15) is 9.59 Å². The number of esters is 2. The summed E-state index contributed by atoms with van der Waals surface area (Å²) in [6.45, 7) is 4.09. The van der Waals surface area contributed by atoms with Crippen LogP contribution in [-0.2, 0) is 14.3 Å². The molecule has 12 heteroatoms. The molecule has 2 aromatic carbocycles. The van der Waals surface area contributed by atoms with Crippen LogP contribution in [-0.4, -0.2) is 37.2 Å². The number of carbonyl (C=O) groups is 2. The molecule has 36 heavy (non-hydrogen) atoms. The molecular formula is C24H20N6O4S2. The molecular weight excluding hydrogens is 500 g/mol. The molecule has 0 atom stereocenters. The Morgan fingerprint density at radius 1 is 1.00 bits per heavy atom. The number of thiazole rings is 1. The molecule has 0 unspecified atom stereocenters. The maximum Gasteiger partial charge on any atom is 0.337 e. The number of methoxy groups -OCH3 is 1. The van der Waals surface area contributed by atoms with Crippen molar-refractivity contribution in [2.75, 3.05) is 25.6 Å². The van der Waals surface area contributed by atoms with Gasteiger partial charge < -0.3 is 14.8 Å². The molecule has 0 aliphatic rings. The lowest BCUT2D eigenvalue weighted by atomic mass is 10.2. The largest absolute Gasteiger partial charge is 0.465 e. The lowest BCUT2D eigenvalue weighted by Gasteiger charge is -2.06. The number of thiophene rings is 1. The zero-order chi connectivity index (χ0) is 25.3. The highest BCUT2D eigenvalue weighted by Crippen LogP contribution is 2.39. The molecule has 0 spiro atoms. The molecule has 1 N–H and O–H groups in total. The average Bonchev–Trinajstić information content (AvgIpc) is 3.47. The lowest BCUT2D eigenvalue weighted by Crippen LogP contribution is -2.12. The number of anilines is 1. The summed E-state index contributed by atoms with van der Waals surface area (Å²) in [4.78, 5) is 27.8. The van der Waals surface area contributed by atoms with E-state index in [-0.39, 0.29) is 6.61 Å². The Morgan fingerprint density at radius 2 is 1.69 bits per heavy atom. The van der Waals surface area contributed by atoms with E-state index in [1.54, 1.807) is 24.3 Å². The highest BCUT2D eigenvalue weighted by Gasteiger charge is 2.09. The standard InChI is InChI=1S/C24H20N6O4S2/c1-3-21(31)34-13-12-25-16-8-10-18(11-9-16)28-30-24-26-22-19(35-24)14-20(36-22)29-27-17-6-4-15(5-7-17)23(32)33-2/h3-11,14,25H,1,12-13H2,2H3. The van der Waals surface area contributed by atoms with Crippen LogP contribution in [0.3, 0.4) is 0 Å². The second-order valence-electron chi connectivity index (χ2n) is 7.03. The van der Waals surface area contributed by atoms with Crippen molar-refractivity contribution in [1.82, 2.24) is 4.98 Å². The third-order valence-corrected chi connectivity index (χ3v) is 6.51. The van der Waals surface area contributed by atoms with Gasteiger partial charge in [0.2, 0.25) is 5.13 Å². The van der Waals surface area contributed by atoms with Gasteiger partial charge in [-0.25, -0.2) is 14.6 Å². The van der Waals surface area contributed by atoms with E-state index in [2.05, 4.69) is 42.1 Å². The van der Waals surface area contributed by atoms with Gasteiger partial charge in [-0.1, -0.05) is 29.3 Å². The number of carbonyl (C=O) groups excluding carboxylic acids is 2. The van der Waals surface area contributed by atoms with Crippen molar-refractivity contribution in [1.29, 1.82) is 0 Å². The zero-order valence-electron chi connectivity index (χ0n) is 19.1. The number of rotatable bonds is 10. The summed E-state index contributed by atoms with van der Waals surface area (Å²) in [6.07, 6.45) is 1.13. The first-order chi connectivity index (χ1) is 17.5. The second kappa shape index (κ2) is 11.9. The summed E-state index contributed by atoms with van der Waals surface area (Å²) in [5.41, 5.74) is 2.64. The Kier molecular flexibility index (Phi) is 8.21. The topological polar surface area (TPSA) is 127 Å². The van der Waals surface area contributed by atoms with Gasteiger partial charge in [0, 0.05) is 18.3 Å². The van der Waals surface area contributed by atoms with Gasteiger partial charge in [-0.15, -0.1) is 20.5 Å². The molecule has 0 radical (unpaired) electrons. The van der Waals surface area contributed by atoms with E-state index in [4.69, 9.17) is 4.74 Å². The molecule has 10 nitrogen and oxygen atoms in total. The normalized spacial score (nSPS) is 11.2. The maximum atomic E-state index is 11.5. The van der Waals surface area contributed by atoms with Crippen LogP contribution in [0.4, 0.5) is 27.2 Å². The van der Waals surface area contributed by atoms with Gasteiger partial charge in [-0.3, -0.25) is 0 Å². The smallest absolute Gasteiger partial charge is 0.337 e. The molecule has 0 amide bonds. The van der Waals surface area contributed by atoms with Crippen molar-refractivity contribution >= 4 is 71.3 Å². The third kappa shape index (κ3) is 6.64. The fraction of sp³-hybridized carbons (Fsp3) is 0.125. The lowest BCUT2D eigenvalue weighted by molar-refractivity contribution is -0.137. The SMILES string of the molecule is C=CC(=O)OCCNc1ccc(N=Nc2nc3sc(N=Nc4ccc(C(=O)OC)cc4)cc3s2)cc1. The van der Waals surface area contributed by atoms with E-state index in [0.717, 1.165) is 21.3 Å². The number of benzene rings is 2. The number of aromatic nitrogens is 1. The Morgan fingerprint density at radius 3 is 2.36 bits per heavy atom. The number of hydrogen-bond donors (Lipinski definition) is 1. The fourth-order valence-electron chi connectivity index (χ4n) is 2.85. The van der Waals surface area contributed by atoms with Crippen LogP contribution in [0.25, 0.3) is 9.53 Å². The van der Waals surface area contributed by atoms with Crippen LogP contribution in [0.15, 0.2) is 87.7 Å². The molecule has 2 aromatic heterocycles. The molecule has 0 aliphatic heterocycles. The van der Waals surface area contributed by atoms with Crippen LogP contribution < -0.4 is 5.32 Å². The number of hydrogen-bond acceptors (Lipinski definition) is 12.